The largest absolute Gasteiger partial charge is 0.507 e. The maximum atomic E-state index is 13.5. The van der Waals surface area contributed by atoms with Gasteiger partial charge in [0, 0.05) is 0 Å². The Morgan fingerprint density at radius 1 is 1.09 bits per heavy atom. The summed E-state index contributed by atoms with van der Waals surface area (Å²) in [7, 11) is 0. The minimum atomic E-state index is -0.508. The number of ether oxygens (including phenoxy) is 1. The standard InChI is InChI=1S/C28H27N3O3/c29-15-21(25-30-22-8-4-5-9-23(22)31-25)24(32)16-34-26(33)28-13-18-10-19(14-28)12-27(11-18,17-28)20-6-2-1-3-7-20/h1-9,18-19,32H,10-14,16-17H2,(H,30,31). The van der Waals surface area contributed by atoms with Gasteiger partial charge in [-0.05, 0) is 73.5 Å². The van der Waals surface area contributed by atoms with Gasteiger partial charge in [0.05, 0.1) is 16.4 Å². The second-order valence-corrected chi connectivity index (χ2v) is 10.5. The van der Waals surface area contributed by atoms with E-state index in [0.29, 0.717) is 17.4 Å². The number of rotatable bonds is 5. The number of aliphatic hydroxyl groups is 1. The Bertz CT molecular complexity index is 1290. The van der Waals surface area contributed by atoms with Gasteiger partial charge in [-0.1, -0.05) is 42.5 Å². The Hall–Kier alpha value is -3.59. The van der Waals surface area contributed by atoms with Crippen LogP contribution in [-0.2, 0) is 14.9 Å². The van der Waals surface area contributed by atoms with Gasteiger partial charge < -0.3 is 14.8 Å². The number of allylic oxidation sites excluding steroid dienone is 1. The maximum absolute atomic E-state index is 13.5. The molecule has 2 N–H and O–H groups in total. The topological polar surface area (TPSA) is 99.0 Å². The highest BCUT2D eigenvalue weighted by Crippen LogP contribution is 2.66. The molecular weight excluding hydrogens is 426 g/mol. The molecule has 0 saturated heterocycles. The minimum Gasteiger partial charge on any atom is -0.507 e. The van der Waals surface area contributed by atoms with Crippen molar-refractivity contribution in [2.24, 2.45) is 17.3 Å². The van der Waals surface area contributed by atoms with Crippen LogP contribution in [-0.4, -0.2) is 27.7 Å². The van der Waals surface area contributed by atoms with Crippen molar-refractivity contribution in [3.63, 3.8) is 0 Å². The summed E-state index contributed by atoms with van der Waals surface area (Å²) in [4.78, 5) is 20.9. The van der Waals surface area contributed by atoms with E-state index in [1.807, 2.05) is 36.4 Å². The van der Waals surface area contributed by atoms with Crippen molar-refractivity contribution < 1.29 is 14.6 Å². The number of aromatic nitrogens is 2. The molecule has 4 aliphatic rings. The van der Waals surface area contributed by atoms with Crippen LogP contribution in [0.2, 0.25) is 0 Å². The number of benzene rings is 2. The summed E-state index contributed by atoms with van der Waals surface area (Å²) in [6.07, 6.45) is 5.98. The Morgan fingerprint density at radius 3 is 2.50 bits per heavy atom. The van der Waals surface area contributed by atoms with Crippen LogP contribution in [0.1, 0.15) is 49.9 Å². The van der Waals surface area contributed by atoms with Gasteiger partial charge in [-0.3, -0.25) is 4.79 Å². The summed E-state index contributed by atoms with van der Waals surface area (Å²) in [5.41, 5.74) is 2.33. The number of imidazole rings is 1. The van der Waals surface area contributed by atoms with E-state index in [9.17, 15) is 15.2 Å². The third-order valence-electron chi connectivity index (χ3n) is 8.25. The summed E-state index contributed by atoms with van der Waals surface area (Å²) < 4.78 is 5.71. The molecule has 2 aromatic carbocycles. The fraction of sp³-hybridized carbons (Fsp3) is 0.393. The van der Waals surface area contributed by atoms with Gasteiger partial charge >= 0.3 is 5.97 Å². The number of hydrogen-bond donors (Lipinski definition) is 2. The van der Waals surface area contributed by atoms with Crippen LogP contribution < -0.4 is 0 Å². The van der Waals surface area contributed by atoms with Crippen molar-refractivity contribution in [2.45, 2.75) is 43.9 Å². The lowest BCUT2D eigenvalue weighted by Gasteiger charge is -2.61. The molecular formula is C28H27N3O3. The van der Waals surface area contributed by atoms with Crippen LogP contribution in [0, 0.1) is 28.6 Å². The average molecular weight is 454 g/mol. The molecule has 4 fully saturated rings. The van der Waals surface area contributed by atoms with E-state index < -0.39 is 5.41 Å². The van der Waals surface area contributed by atoms with Gasteiger partial charge in [0.15, 0.2) is 11.6 Å². The molecule has 0 radical (unpaired) electrons. The van der Waals surface area contributed by atoms with E-state index >= 15 is 0 Å². The number of aromatic amines is 1. The number of carbonyl (C=O) groups is 1. The smallest absolute Gasteiger partial charge is 0.312 e. The van der Waals surface area contributed by atoms with Crippen molar-refractivity contribution >= 4 is 22.6 Å². The number of nitriles is 1. The first-order valence-electron chi connectivity index (χ1n) is 12.0. The first-order valence-corrected chi connectivity index (χ1v) is 12.0. The summed E-state index contributed by atoms with van der Waals surface area (Å²) in [5, 5.41) is 20.3. The number of carbonyl (C=O) groups excluding carboxylic acids is 1. The summed E-state index contributed by atoms with van der Waals surface area (Å²) in [6.45, 7) is -0.325. The van der Waals surface area contributed by atoms with Crippen molar-refractivity contribution in [3.05, 3.63) is 71.7 Å². The zero-order valence-electron chi connectivity index (χ0n) is 19.0. The number of fused-ring (bicyclic) bond motifs is 1. The monoisotopic (exact) mass is 453 g/mol. The van der Waals surface area contributed by atoms with Gasteiger partial charge in [0.25, 0.3) is 0 Å². The number of aliphatic hydroxyl groups excluding tert-OH is 1. The number of nitrogens with one attached hydrogen (secondary N) is 1. The molecule has 2 atom stereocenters. The lowest BCUT2D eigenvalue weighted by Crippen LogP contribution is -2.57. The number of esters is 1. The third-order valence-corrected chi connectivity index (χ3v) is 8.25. The highest BCUT2D eigenvalue weighted by molar-refractivity contribution is 5.83. The Morgan fingerprint density at radius 2 is 1.79 bits per heavy atom. The van der Waals surface area contributed by atoms with Gasteiger partial charge in [-0.15, -0.1) is 0 Å². The van der Waals surface area contributed by atoms with Crippen LogP contribution in [0.25, 0.3) is 16.6 Å². The van der Waals surface area contributed by atoms with Crippen LogP contribution in [0.4, 0.5) is 0 Å². The number of nitrogens with zero attached hydrogens (tertiary/aromatic N) is 2. The molecule has 0 spiro atoms. The molecule has 1 aromatic heterocycles. The van der Waals surface area contributed by atoms with Crippen LogP contribution in [0.15, 0.2) is 60.4 Å². The zero-order valence-corrected chi connectivity index (χ0v) is 19.0. The van der Waals surface area contributed by atoms with E-state index in [0.717, 1.165) is 37.6 Å². The molecule has 1 heterocycles. The van der Waals surface area contributed by atoms with Crippen molar-refractivity contribution in [1.29, 1.82) is 5.26 Å². The Labute approximate surface area is 198 Å². The number of hydrogen-bond acceptors (Lipinski definition) is 5. The SMILES string of the molecule is N#CC(=C(O)COC(=O)C12CC3CC(C1)CC(c1ccccc1)(C3)C2)c1nc2ccccc2[nH]1. The first-order chi connectivity index (χ1) is 16.5. The highest BCUT2D eigenvalue weighted by Gasteiger charge is 2.61. The molecule has 4 aliphatic carbocycles. The van der Waals surface area contributed by atoms with Crippen molar-refractivity contribution in [1.82, 2.24) is 9.97 Å². The second kappa shape index (κ2) is 7.73. The lowest BCUT2D eigenvalue weighted by molar-refractivity contribution is -0.173. The van der Waals surface area contributed by atoms with Crippen molar-refractivity contribution in [2.75, 3.05) is 6.61 Å². The molecule has 4 bridgehead atoms. The molecule has 34 heavy (non-hydrogen) atoms. The van der Waals surface area contributed by atoms with Gasteiger partial charge in [0.2, 0.25) is 0 Å². The quantitative estimate of drug-likeness (QED) is 0.305. The van der Waals surface area contributed by atoms with E-state index in [4.69, 9.17) is 4.74 Å². The van der Waals surface area contributed by atoms with Crippen molar-refractivity contribution in [3.8, 4) is 6.07 Å². The van der Waals surface area contributed by atoms with Gasteiger partial charge in [-0.2, -0.15) is 5.26 Å². The fourth-order valence-corrected chi connectivity index (χ4v) is 7.32. The lowest BCUT2D eigenvalue weighted by atomic mass is 9.43. The molecule has 0 amide bonds. The molecule has 4 saturated carbocycles. The normalized spacial score (nSPS) is 30.1. The highest BCUT2D eigenvalue weighted by atomic mass is 16.5. The van der Waals surface area contributed by atoms with E-state index in [1.165, 1.54) is 12.0 Å². The average Bonchev–Trinajstić information content (AvgIpc) is 3.26. The molecule has 7 rings (SSSR count). The predicted molar refractivity (Wildman–Crippen MR) is 127 cm³/mol. The predicted octanol–water partition coefficient (Wildman–Crippen LogP) is 5.44. The second-order valence-electron chi connectivity index (χ2n) is 10.5. The Balaban J connectivity index is 1.24. The summed E-state index contributed by atoms with van der Waals surface area (Å²) in [5.74, 6) is 0.814. The molecule has 172 valence electrons. The maximum Gasteiger partial charge on any atom is 0.312 e. The van der Waals surface area contributed by atoms with Gasteiger partial charge in [0.1, 0.15) is 18.2 Å². The number of para-hydroxylation sites is 2. The molecule has 0 aliphatic heterocycles. The molecule has 2 unspecified atom stereocenters. The number of H-pyrrole nitrogens is 1. The first kappa shape index (κ1) is 21.0. The minimum absolute atomic E-state index is 0.00438. The van der Waals surface area contributed by atoms with Crippen LogP contribution in [0.3, 0.4) is 0 Å². The summed E-state index contributed by atoms with van der Waals surface area (Å²) in [6, 6.07) is 20.0. The van der Waals surface area contributed by atoms with E-state index in [1.54, 1.807) is 0 Å². The Kier molecular flexibility index (Phi) is 4.77. The van der Waals surface area contributed by atoms with Crippen LogP contribution in [0.5, 0.6) is 0 Å². The fourth-order valence-electron chi connectivity index (χ4n) is 7.32. The van der Waals surface area contributed by atoms with E-state index in [2.05, 4.69) is 34.2 Å². The van der Waals surface area contributed by atoms with Gasteiger partial charge in [-0.25, -0.2) is 4.98 Å². The zero-order chi connectivity index (χ0) is 23.3. The molecule has 6 nitrogen and oxygen atoms in total. The van der Waals surface area contributed by atoms with Crippen LogP contribution >= 0.6 is 0 Å². The summed E-state index contributed by atoms with van der Waals surface area (Å²) >= 11 is 0. The van der Waals surface area contributed by atoms with E-state index in [-0.39, 0.29) is 35.1 Å². The molecule has 3 aromatic rings. The third kappa shape index (κ3) is 3.30. The molecule has 6 heteroatoms.